The highest BCUT2D eigenvalue weighted by molar-refractivity contribution is 8.00. The number of thiophene rings is 1. The molecule has 0 saturated heterocycles. The van der Waals surface area contributed by atoms with Gasteiger partial charge in [0.25, 0.3) is 5.56 Å². The molecule has 0 fully saturated rings. The second-order valence-corrected chi connectivity index (χ2v) is 8.89. The third kappa shape index (κ3) is 3.16. The molecule has 30 heavy (non-hydrogen) atoms. The number of carbonyl (C=O) groups excluding carboxylic acids is 1. The van der Waals surface area contributed by atoms with E-state index in [2.05, 4.69) is 9.97 Å². The van der Waals surface area contributed by atoms with Crippen LogP contribution in [0.15, 0.2) is 82.2 Å². The van der Waals surface area contributed by atoms with Crippen LogP contribution in [0.1, 0.15) is 21.2 Å². The minimum Gasteiger partial charge on any atom is -0.360 e. The number of rotatable bonds is 5. The van der Waals surface area contributed by atoms with Crippen LogP contribution in [0.4, 0.5) is 0 Å². The van der Waals surface area contributed by atoms with Crippen LogP contribution in [0.3, 0.4) is 0 Å². The molecule has 0 amide bonds. The maximum Gasteiger partial charge on any atom is 0.262 e. The number of hydrogen-bond acceptors (Lipinski definition) is 5. The van der Waals surface area contributed by atoms with Gasteiger partial charge in [0, 0.05) is 29.7 Å². The molecule has 0 bridgehead atoms. The van der Waals surface area contributed by atoms with Gasteiger partial charge in [-0.25, -0.2) is 4.98 Å². The molecule has 5 nitrogen and oxygen atoms in total. The summed E-state index contributed by atoms with van der Waals surface area (Å²) in [4.78, 5) is 34.9. The Morgan fingerprint density at radius 3 is 2.67 bits per heavy atom. The summed E-state index contributed by atoms with van der Waals surface area (Å²) in [7, 11) is 1.70. The minimum atomic E-state index is -0.527. The third-order valence-electron chi connectivity index (χ3n) is 5.08. The Bertz CT molecular complexity index is 1430. The summed E-state index contributed by atoms with van der Waals surface area (Å²) >= 11 is 2.74. The van der Waals surface area contributed by atoms with Crippen molar-refractivity contribution in [3.63, 3.8) is 0 Å². The van der Waals surface area contributed by atoms with E-state index in [1.807, 2.05) is 60.0 Å². The fraction of sp³-hybridized carbons (Fsp3) is 0.0870. The molecule has 148 valence electrons. The number of aromatic nitrogens is 3. The highest BCUT2D eigenvalue weighted by Gasteiger charge is 2.27. The number of thioether (sulfide) groups is 1. The number of benzene rings is 2. The van der Waals surface area contributed by atoms with E-state index in [0.29, 0.717) is 20.9 Å². The molecular formula is C23H17N3O2S2. The van der Waals surface area contributed by atoms with Crippen LogP contribution in [-0.2, 0) is 7.05 Å². The zero-order chi connectivity index (χ0) is 20.7. The van der Waals surface area contributed by atoms with Crippen LogP contribution in [0.25, 0.3) is 21.1 Å². The predicted molar refractivity (Wildman–Crippen MR) is 123 cm³/mol. The highest BCUT2D eigenvalue weighted by atomic mass is 32.2. The molecule has 0 aliphatic heterocycles. The van der Waals surface area contributed by atoms with E-state index in [4.69, 9.17) is 0 Å². The monoisotopic (exact) mass is 431 g/mol. The Hall–Kier alpha value is -3.16. The van der Waals surface area contributed by atoms with Crippen molar-refractivity contribution in [3.05, 3.63) is 93.7 Å². The minimum absolute atomic E-state index is 0.0239. The van der Waals surface area contributed by atoms with E-state index >= 15 is 0 Å². The van der Waals surface area contributed by atoms with Gasteiger partial charge in [-0.15, -0.1) is 11.3 Å². The number of Topliss-reactive ketones (excluding diaryl/α,β-unsaturated/α-hetero) is 1. The quantitative estimate of drug-likeness (QED) is 0.236. The molecule has 7 heteroatoms. The first kappa shape index (κ1) is 18.8. The van der Waals surface area contributed by atoms with Gasteiger partial charge in [-0.1, -0.05) is 60.3 Å². The van der Waals surface area contributed by atoms with Crippen molar-refractivity contribution in [2.45, 2.75) is 10.4 Å². The van der Waals surface area contributed by atoms with Gasteiger partial charge in [0.2, 0.25) is 0 Å². The first-order valence-corrected chi connectivity index (χ1v) is 11.2. The molecule has 0 saturated carbocycles. The van der Waals surface area contributed by atoms with Gasteiger partial charge in [0.05, 0.1) is 5.39 Å². The lowest BCUT2D eigenvalue weighted by Crippen LogP contribution is -2.20. The van der Waals surface area contributed by atoms with Crippen LogP contribution in [-0.4, -0.2) is 20.3 Å². The van der Waals surface area contributed by atoms with E-state index in [-0.39, 0.29) is 11.3 Å². The smallest absolute Gasteiger partial charge is 0.262 e. The number of nitrogens with zero attached hydrogens (tertiary/aromatic N) is 2. The van der Waals surface area contributed by atoms with E-state index < -0.39 is 5.25 Å². The fourth-order valence-corrected chi connectivity index (χ4v) is 5.44. The first-order chi connectivity index (χ1) is 14.6. The highest BCUT2D eigenvalue weighted by Crippen LogP contribution is 2.38. The topological polar surface area (TPSA) is 67.8 Å². The standard InChI is InChI=1S/C23H17N3O2S2/c1-26-22(28)16-11-12-29-21(16)25-23(26)30-20(14-7-3-2-4-8-14)19(27)17-13-24-18-10-6-5-9-15(17)18/h2-13,20,24H,1H3. The molecule has 3 aromatic heterocycles. The van der Waals surface area contributed by atoms with Crippen LogP contribution in [0.2, 0.25) is 0 Å². The molecule has 0 aliphatic rings. The summed E-state index contributed by atoms with van der Waals surface area (Å²) in [6.07, 6.45) is 1.76. The van der Waals surface area contributed by atoms with E-state index in [0.717, 1.165) is 16.5 Å². The van der Waals surface area contributed by atoms with Crippen LogP contribution in [0, 0.1) is 0 Å². The maximum absolute atomic E-state index is 13.7. The lowest BCUT2D eigenvalue weighted by atomic mass is 10.0. The maximum atomic E-state index is 13.7. The van der Waals surface area contributed by atoms with Gasteiger partial charge < -0.3 is 4.98 Å². The molecule has 0 radical (unpaired) electrons. The van der Waals surface area contributed by atoms with Gasteiger partial charge >= 0.3 is 0 Å². The number of ketones is 1. The first-order valence-electron chi connectivity index (χ1n) is 9.39. The van der Waals surface area contributed by atoms with Crippen molar-refractivity contribution in [2.75, 3.05) is 0 Å². The van der Waals surface area contributed by atoms with Crippen molar-refractivity contribution in [3.8, 4) is 0 Å². The zero-order valence-corrected chi connectivity index (χ0v) is 17.7. The van der Waals surface area contributed by atoms with Gasteiger partial charge in [-0.2, -0.15) is 0 Å². The lowest BCUT2D eigenvalue weighted by molar-refractivity contribution is 0.0991. The van der Waals surface area contributed by atoms with Crippen molar-refractivity contribution in [1.29, 1.82) is 0 Å². The molecule has 5 rings (SSSR count). The Balaban J connectivity index is 1.62. The van der Waals surface area contributed by atoms with Crippen LogP contribution >= 0.6 is 23.1 Å². The largest absolute Gasteiger partial charge is 0.360 e. The summed E-state index contributed by atoms with van der Waals surface area (Å²) in [5.74, 6) is -0.0239. The molecule has 2 aromatic carbocycles. The predicted octanol–water partition coefficient (Wildman–Crippen LogP) is 5.19. The third-order valence-corrected chi connectivity index (χ3v) is 7.19. The van der Waals surface area contributed by atoms with Crippen LogP contribution < -0.4 is 5.56 Å². The van der Waals surface area contributed by atoms with Crippen molar-refractivity contribution in [2.24, 2.45) is 7.05 Å². The van der Waals surface area contributed by atoms with Crippen molar-refractivity contribution < 1.29 is 4.79 Å². The normalized spacial score (nSPS) is 12.4. The fourth-order valence-electron chi connectivity index (χ4n) is 3.51. The SMILES string of the molecule is Cn1c(SC(C(=O)c2c[nH]c3ccccc23)c2ccccc2)nc2sccc2c1=O. The number of nitrogens with one attached hydrogen (secondary N) is 1. The molecule has 1 atom stereocenters. The Morgan fingerprint density at radius 2 is 1.83 bits per heavy atom. The molecule has 1 unspecified atom stereocenters. The van der Waals surface area contributed by atoms with E-state index in [9.17, 15) is 9.59 Å². The molecule has 3 heterocycles. The number of aromatic amines is 1. The summed E-state index contributed by atoms with van der Waals surface area (Å²) in [6.45, 7) is 0. The number of carbonyl (C=O) groups is 1. The number of para-hydroxylation sites is 1. The average molecular weight is 432 g/mol. The van der Waals surface area contributed by atoms with Gasteiger partial charge in [-0.05, 0) is 23.1 Å². The van der Waals surface area contributed by atoms with E-state index in [1.165, 1.54) is 27.7 Å². The summed E-state index contributed by atoms with van der Waals surface area (Å²) in [6, 6.07) is 19.2. The lowest BCUT2D eigenvalue weighted by Gasteiger charge is -2.17. The van der Waals surface area contributed by atoms with Gasteiger partial charge in [0.15, 0.2) is 10.9 Å². The second-order valence-electron chi connectivity index (χ2n) is 6.92. The van der Waals surface area contributed by atoms with Crippen molar-refractivity contribution in [1.82, 2.24) is 14.5 Å². The summed E-state index contributed by atoms with van der Waals surface area (Å²) in [5.41, 5.74) is 2.32. The number of H-pyrrole nitrogens is 1. The van der Waals surface area contributed by atoms with Gasteiger partial charge in [0.1, 0.15) is 10.1 Å². The van der Waals surface area contributed by atoms with E-state index in [1.54, 1.807) is 19.3 Å². The number of fused-ring (bicyclic) bond motifs is 2. The van der Waals surface area contributed by atoms with Gasteiger partial charge in [-0.3, -0.25) is 14.2 Å². The second kappa shape index (κ2) is 7.59. The molecule has 1 N–H and O–H groups in total. The molecule has 0 aliphatic carbocycles. The number of hydrogen-bond donors (Lipinski definition) is 1. The Labute approximate surface area is 180 Å². The zero-order valence-electron chi connectivity index (χ0n) is 16.0. The molecule has 0 spiro atoms. The van der Waals surface area contributed by atoms with Crippen molar-refractivity contribution >= 4 is 50.0 Å². The Morgan fingerprint density at radius 1 is 1.07 bits per heavy atom. The summed E-state index contributed by atoms with van der Waals surface area (Å²) in [5, 5.41) is 3.35. The molecular weight excluding hydrogens is 414 g/mol. The summed E-state index contributed by atoms with van der Waals surface area (Å²) < 4.78 is 1.53. The average Bonchev–Trinajstić information content (AvgIpc) is 3.42. The molecule has 5 aromatic rings. The van der Waals surface area contributed by atoms with Crippen LogP contribution in [0.5, 0.6) is 0 Å². The Kier molecular flexibility index (Phi) is 4.77.